The fourth-order valence-electron chi connectivity index (χ4n) is 1.56. The van der Waals surface area contributed by atoms with E-state index in [1.807, 2.05) is 6.92 Å². The highest BCUT2D eigenvalue weighted by Crippen LogP contribution is 2.22. The average Bonchev–Trinajstić information content (AvgIpc) is 2.93. The number of H-pyrrole nitrogens is 1. The van der Waals surface area contributed by atoms with Gasteiger partial charge in [0.2, 0.25) is 10.0 Å². The summed E-state index contributed by atoms with van der Waals surface area (Å²) in [4.78, 5) is 17.5. The second-order valence-electron chi connectivity index (χ2n) is 3.96. The number of pyridine rings is 1. The lowest BCUT2D eigenvalue weighted by molar-refractivity contribution is 0.548. The molecule has 0 aromatic carbocycles. The number of halogens is 1. The number of aromatic amines is 1. The Balaban J connectivity index is 2.30. The van der Waals surface area contributed by atoms with Gasteiger partial charge < -0.3 is 4.98 Å². The third-order valence-corrected chi connectivity index (χ3v) is 5.22. The molecule has 1 unspecified atom stereocenters. The molecule has 20 heavy (non-hydrogen) atoms. The standard InChI is InChI=1S/C11H12ClN3O3S2/c1-2-9(11-13-3-4-19-11)15-20(17,18)7-5-8(12)10(16)14-6-7/h3-6,9,15H,2H2,1H3,(H,14,16). The molecule has 0 fully saturated rings. The maximum atomic E-state index is 12.2. The van der Waals surface area contributed by atoms with Crippen molar-refractivity contribution in [2.45, 2.75) is 24.3 Å². The second-order valence-corrected chi connectivity index (χ2v) is 7.01. The van der Waals surface area contributed by atoms with Gasteiger partial charge in [-0.1, -0.05) is 18.5 Å². The number of nitrogens with one attached hydrogen (secondary N) is 2. The van der Waals surface area contributed by atoms with Crippen molar-refractivity contribution in [3.05, 3.63) is 44.2 Å². The first-order valence-electron chi connectivity index (χ1n) is 5.74. The third kappa shape index (κ3) is 3.26. The van der Waals surface area contributed by atoms with E-state index in [1.165, 1.54) is 11.3 Å². The minimum atomic E-state index is -3.77. The van der Waals surface area contributed by atoms with Crippen LogP contribution in [-0.4, -0.2) is 18.4 Å². The Kier molecular flexibility index (Phi) is 4.59. The number of hydrogen-bond donors (Lipinski definition) is 2. The van der Waals surface area contributed by atoms with Crippen molar-refractivity contribution >= 4 is 33.0 Å². The smallest absolute Gasteiger partial charge is 0.266 e. The summed E-state index contributed by atoms with van der Waals surface area (Å²) in [7, 11) is -3.77. The molecule has 2 N–H and O–H groups in total. The van der Waals surface area contributed by atoms with E-state index >= 15 is 0 Å². The predicted molar refractivity (Wildman–Crippen MR) is 77.5 cm³/mol. The van der Waals surface area contributed by atoms with E-state index in [9.17, 15) is 13.2 Å². The third-order valence-electron chi connectivity index (χ3n) is 2.60. The summed E-state index contributed by atoms with van der Waals surface area (Å²) in [6.07, 6.45) is 3.29. The molecule has 0 amide bonds. The largest absolute Gasteiger partial charge is 0.326 e. The quantitative estimate of drug-likeness (QED) is 0.874. The van der Waals surface area contributed by atoms with Crippen LogP contribution in [0.1, 0.15) is 24.4 Å². The van der Waals surface area contributed by atoms with Crippen molar-refractivity contribution < 1.29 is 8.42 Å². The number of sulfonamides is 1. The van der Waals surface area contributed by atoms with Crippen molar-refractivity contribution in [3.8, 4) is 0 Å². The van der Waals surface area contributed by atoms with Crippen LogP contribution >= 0.6 is 22.9 Å². The number of aromatic nitrogens is 2. The molecule has 2 rings (SSSR count). The molecule has 0 bridgehead atoms. The van der Waals surface area contributed by atoms with Crippen molar-refractivity contribution in [1.29, 1.82) is 0 Å². The Morgan fingerprint density at radius 2 is 2.30 bits per heavy atom. The van der Waals surface area contributed by atoms with Crippen LogP contribution in [0.5, 0.6) is 0 Å². The highest BCUT2D eigenvalue weighted by atomic mass is 35.5. The van der Waals surface area contributed by atoms with Gasteiger partial charge in [-0.3, -0.25) is 4.79 Å². The Morgan fingerprint density at radius 3 is 2.85 bits per heavy atom. The molecular formula is C11H12ClN3O3S2. The summed E-state index contributed by atoms with van der Waals surface area (Å²) in [6.45, 7) is 1.86. The van der Waals surface area contributed by atoms with Crippen LogP contribution in [0.3, 0.4) is 0 Å². The lowest BCUT2D eigenvalue weighted by Crippen LogP contribution is -2.29. The van der Waals surface area contributed by atoms with E-state index in [-0.39, 0.29) is 9.92 Å². The van der Waals surface area contributed by atoms with Gasteiger partial charge in [-0.05, 0) is 12.5 Å². The monoisotopic (exact) mass is 333 g/mol. The van der Waals surface area contributed by atoms with E-state index in [0.29, 0.717) is 11.4 Å². The highest BCUT2D eigenvalue weighted by Gasteiger charge is 2.22. The van der Waals surface area contributed by atoms with Crippen LogP contribution in [0.2, 0.25) is 5.02 Å². The fourth-order valence-corrected chi connectivity index (χ4v) is 3.92. The van der Waals surface area contributed by atoms with E-state index in [0.717, 1.165) is 12.3 Å². The molecule has 6 nitrogen and oxygen atoms in total. The van der Waals surface area contributed by atoms with Crippen LogP contribution in [-0.2, 0) is 10.0 Å². The number of thiazole rings is 1. The van der Waals surface area contributed by atoms with Gasteiger partial charge in [-0.2, -0.15) is 0 Å². The lowest BCUT2D eigenvalue weighted by Gasteiger charge is -2.14. The molecular weight excluding hydrogens is 322 g/mol. The minimum absolute atomic E-state index is 0.0860. The van der Waals surface area contributed by atoms with Crippen molar-refractivity contribution in [3.63, 3.8) is 0 Å². The molecule has 0 aliphatic heterocycles. The zero-order valence-electron chi connectivity index (χ0n) is 10.5. The Hall–Kier alpha value is -1.22. The van der Waals surface area contributed by atoms with Crippen LogP contribution in [0, 0.1) is 0 Å². The highest BCUT2D eigenvalue weighted by molar-refractivity contribution is 7.89. The SMILES string of the molecule is CCC(NS(=O)(=O)c1c[nH]c(=O)c(Cl)c1)c1nccs1. The molecule has 2 aromatic heterocycles. The van der Waals surface area contributed by atoms with E-state index in [2.05, 4.69) is 14.7 Å². The van der Waals surface area contributed by atoms with Crippen LogP contribution in [0.15, 0.2) is 33.5 Å². The van der Waals surface area contributed by atoms with E-state index in [1.54, 1.807) is 11.6 Å². The van der Waals surface area contributed by atoms with Gasteiger partial charge in [0.25, 0.3) is 5.56 Å². The first-order valence-corrected chi connectivity index (χ1v) is 8.48. The zero-order chi connectivity index (χ0) is 14.8. The van der Waals surface area contributed by atoms with Gasteiger partial charge in [0.15, 0.2) is 0 Å². The van der Waals surface area contributed by atoms with Gasteiger partial charge >= 0.3 is 0 Å². The first kappa shape index (κ1) is 15.2. The molecule has 108 valence electrons. The molecule has 1 atom stereocenters. The number of nitrogens with zero attached hydrogens (tertiary/aromatic N) is 1. The molecule has 0 aliphatic rings. The second kappa shape index (κ2) is 6.04. The van der Waals surface area contributed by atoms with Gasteiger partial charge in [0, 0.05) is 17.8 Å². The van der Waals surface area contributed by atoms with Gasteiger partial charge in [-0.15, -0.1) is 11.3 Å². The summed E-state index contributed by atoms with van der Waals surface area (Å²) in [5, 5.41) is 2.30. The minimum Gasteiger partial charge on any atom is -0.326 e. The summed E-state index contributed by atoms with van der Waals surface area (Å²) >= 11 is 7.02. The molecule has 0 aliphatic carbocycles. The molecule has 0 radical (unpaired) electrons. The first-order chi connectivity index (χ1) is 9.44. The number of rotatable bonds is 5. The fraction of sp³-hybridized carbons (Fsp3) is 0.273. The summed E-state index contributed by atoms with van der Waals surface area (Å²) < 4.78 is 27.0. The van der Waals surface area contributed by atoms with Crippen molar-refractivity contribution in [1.82, 2.24) is 14.7 Å². The van der Waals surface area contributed by atoms with Crippen molar-refractivity contribution in [2.75, 3.05) is 0 Å². The van der Waals surface area contributed by atoms with Crippen LogP contribution in [0.4, 0.5) is 0 Å². The maximum absolute atomic E-state index is 12.2. The molecule has 0 spiro atoms. The maximum Gasteiger partial charge on any atom is 0.266 e. The number of hydrogen-bond acceptors (Lipinski definition) is 5. The summed E-state index contributed by atoms with van der Waals surface area (Å²) in [5.41, 5.74) is -0.530. The van der Waals surface area contributed by atoms with Crippen molar-refractivity contribution in [2.24, 2.45) is 0 Å². The van der Waals surface area contributed by atoms with Crippen LogP contribution in [0.25, 0.3) is 0 Å². The van der Waals surface area contributed by atoms with Gasteiger partial charge in [0.05, 0.1) is 10.9 Å². The molecule has 0 saturated carbocycles. The zero-order valence-corrected chi connectivity index (χ0v) is 12.8. The molecule has 9 heteroatoms. The van der Waals surface area contributed by atoms with E-state index < -0.39 is 21.6 Å². The molecule has 0 saturated heterocycles. The Labute approximate surface area is 124 Å². The normalized spacial score (nSPS) is 13.3. The Morgan fingerprint density at radius 1 is 1.55 bits per heavy atom. The van der Waals surface area contributed by atoms with Gasteiger partial charge in [0.1, 0.15) is 10.0 Å². The van der Waals surface area contributed by atoms with E-state index in [4.69, 9.17) is 11.6 Å². The summed E-state index contributed by atoms with van der Waals surface area (Å²) in [5.74, 6) is 0. The average molecular weight is 334 g/mol. The van der Waals surface area contributed by atoms with Crippen LogP contribution < -0.4 is 10.3 Å². The topological polar surface area (TPSA) is 91.9 Å². The molecule has 2 heterocycles. The van der Waals surface area contributed by atoms with Gasteiger partial charge in [-0.25, -0.2) is 18.1 Å². The predicted octanol–water partition coefficient (Wildman–Crippen LogP) is 1.91. The summed E-state index contributed by atoms with van der Waals surface area (Å²) in [6, 6.07) is 0.711. The Bertz CT molecular complexity index is 741. The lowest BCUT2D eigenvalue weighted by atomic mass is 10.3. The molecule has 2 aromatic rings.